The molecule has 3 N–H and O–H groups in total. The van der Waals surface area contributed by atoms with Gasteiger partial charge in [0.05, 0.1) is 6.54 Å². The van der Waals surface area contributed by atoms with E-state index >= 15 is 0 Å². The maximum atomic E-state index is 12.7. The molecule has 0 bridgehead atoms. The highest BCUT2D eigenvalue weighted by atomic mass is 32.2. The van der Waals surface area contributed by atoms with Gasteiger partial charge in [0.2, 0.25) is 10.0 Å². The SMILES string of the molecule is O=C(O)c1sccc1S(=O)(=O)NCC(F)(F)CO. The summed E-state index contributed by atoms with van der Waals surface area (Å²) >= 11 is 0.668. The van der Waals surface area contributed by atoms with Crippen molar-refractivity contribution in [2.75, 3.05) is 13.2 Å². The lowest BCUT2D eigenvalue weighted by molar-refractivity contribution is -0.0437. The largest absolute Gasteiger partial charge is 0.477 e. The van der Waals surface area contributed by atoms with Gasteiger partial charge >= 0.3 is 5.97 Å². The molecule has 102 valence electrons. The molecule has 18 heavy (non-hydrogen) atoms. The van der Waals surface area contributed by atoms with Crippen LogP contribution in [-0.4, -0.2) is 43.7 Å². The van der Waals surface area contributed by atoms with Crippen LogP contribution in [0.25, 0.3) is 0 Å². The molecule has 0 aliphatic carbocycles. The van der Waals surface area contributed by atoms with Gasteiger partial charge in [-0.1, -0.05) is 0 Å². The molecule has 0 aliphatic rings. The normalized spacial score (nSPS) is 12.6. The molecule has 0 spiro atoms. The Labute approximate surface area is 105 Å². The van der Waals surface area contributed by atoms with Gasteiger partial charge in [0.15, 0.2) is 0 Å². The van der Waals surface area contributed by atoms with Gasteiger partial charge in [-0.05, 0) is 11.4 Å². The zero-order valence-electron chi connectivity index (χ0n) is 8.76. The van der Waals surface area contributed by atoms with Crippen molar-refractivity contribution in [3.05, 3.63) is 16.3 Å². The summed E-state index contributed by atoms with van der Waals surface area (Å²) in [5.41, 5.74) is 0. The van der Waals surface area contributed by atoms with Gasteiger partial charge < -0.3 is 10.2 Å². The molecule has 0 aliphatic heterocycles. The van der Waals surface area contributed by atoms with Crippen LogP contribution < -0.4 is 4.72 Å². The third kappa shape index (κ3) is 3.45. The number of rotatable bonds is 6. The summed E-state index contributed by atoms with van der Waals surface area (Å²) in [6.45, 7) is -2.81. The zero-order chi connectivity index (χ0) is 14.0. The molecule has 0 amide bonds. The predicted octanol–water partition coefficient (Wildman–Crippen LogP) is 0.352. The third-order valence-electron chi connectivity index (χ3n) is 1.87. The summed E-state index contributed by atoms with van der Waals surface area (Å²) in [5, 5.41) is 18.2. The summed E-state index contributed by atoms with van der Waals surface area (Å²) in [6, 6.07) is 1.01. The van der Waals surface area contributed by atoms with Crippen LogP contribution in [0.1, 0.15) is 9.67 Å². The number of hydrogen-bond acceptors (Lipinski definition) is 5. The minimum atomic E-state index is -4.35. The van der Waals surface area contributed by atoms with Crippen LogP contribution >= 0.6 is 11.3 Å². The fourth-order valence-electron chi connectivity index (χ4n) is 0.999. The highest BCUT2D eigenvalue weighted by molar-refractivity contribution is 7.89. The molecule has 1 rings (SSSR count). The summed E-state index contributed by atoms with van der Waals surface area (Å²) in [4.78, 5) is 9.68. The van der Waals surface area contributed by atoms with Crippen molar-refractivity contribution < 1.29 is 32.2 Å². The fourth-order valence-corrected chi connectivity index (χ4v) is 3.32. The molecule has 0 fully saturated rings. The number of carboxylic acid groups (broad SMARTS) is 1. The average Bonchev–Trinajstić information content (AvgIpc) is 2.76. The van der Waals surface area contributed by atoms with Crippen LogP contribution in [0.15, 0.2) is 16.3 Å². The number of thiophene rings is 1. The summed E-state index contributed by atoms with van der Waals surface area (Å²) in [6.07, 6.45) is 0. The molecule has 0 radical (unpaired) electrons. The van der Waals surface area contributed by atoms with Gasteiger partial charge in [0, 0.05) is 0 Å². The lowest BCUT2D eigenvalue weighted by atomic mass is 10.4. The Morgan fingerprint density at radius 3 is 2.61 bits per heavy atom. The number of sulfonamides is 1. The molecule has 1 aromatic heterocycles. The molecule has 0 saturated heterocycles. The molecule has 0 unspecified atom stereocenters. The van der Waals surface area contributed by atoms with Gasteiger partial charge in [-0.2, -0.15) is 0 Å². The van der Waals surface area contributed by atoms with E-state index in [2.05, 4.69) is 0 Å². The van der Waals surface area contributed by atoms with Gasteiger partial charge in [-0.15, -0.1) is 11.3 Å². The number of alkyl halides is 2. The Morgan fingerprint density at radius 2 is 2.11 bits per heavy atom. The first-order valence-corrected chi connectivity index (χ1v) is 6.85. The van der Waals surface area contributed by atoms with Gasteiger partial charge in [0.25, 0.3) is 5.92 Å². The number of aliphatic hydroxyl groups is 1. The number of carboxylic acids is 1. The van der Waals surface area contributed by atoms with E-state index in [9.17, 15) is 22.0 Å². The van der Waals surface area contributed by atoms with Gasteiger partial charge in [-0.3, -0.25) is 0 Å². The van der Waals surface area contributed by atoms with Crippen molar-refractivity contribution in [2.24, 2.45) is 0 Å². The maximum absolute atomic E-state index is 12.7. The van der Waals surface area contributed by atoms with Crippen LogP contribution in [-0.2, 0) is 10.0 Å². The highest BCUT2D eigenvalue weighted by Gasteiger charge is 2.32. The monoisotopic (exact) mass is 301 g/mol. The number of aliphatic hydroxyl groups excluding tert-OH is 1. The van der Waals surface area contributed by atoms with Gasteiger partial charge in [-0.25, -0.2) is 26.7 Å². The minimum Gasteiger partial charge on any atom is -0.477 e. The van der Waals surface area contributed by atoms with Crippen molar-refractivity contribution in [3.63, 3.8) is 0 Å². The van der Waals surface area contributed by atoms with E-state index in [4.69, 9.17) is 10.2 Å². The van der Waals surface area contributed by atoms with Crippen molar-refractivity contribution in [1.82, 2.24) is 4.72 Å². The van der Waals surface area contributed by atoms with Crippen LogP contribution in [0.3, 0.4) is 0 Å². The highest BCUT2D eigenvalue weighted by Crippen LogP contribution is 2.22. The summed E-state index contributed by atoms with van der Waals surface area (Å²) < 4.78 is 50.1. The van der Waals surface area contributed by atoms with Gasteiger partial charge in [0.1, 0.15) is 16.4 Å². The van der Waals surface area contributed by atoms with E-state index in [1.807, 2.05) is 0 Å². The molecule has 6 nitrogen and oxygen atoms in total. The van der Waals surface area contributed by atoms with Crippen molar-refractivity contribution in [1.29, 1.82) is 0 Å². The van der Waals surface area contributed by atoms with Crippen molar-refractivity contribution in [3.8, 4) is 0 Å². The molecule has 0 saturated carbocycles. The molecule has 0 aromatic carbocycles. The summed E-state index contributed by atoms with van der Waals surface area (Å²) in [7, 11) is -4.35. The second kappa shape index (κ2) is 5.26. The Balaban J connectivity index is 2.94. The van der Waals surface area contributed by atoms with Crippen molar-refractivity contribution in [2.45, 2.75) is 10.8 Å². The predicted molar refractivity (Wildman–Crippen MR) is 58.5 cm³/mol. The third-order valence-corrected chi connectivity index (χ3v) is 4.34. The first-order chi connectivity index (χ1) is 8.19. The van der Waals surface area contributed by atoms with Crippen LogP contribution in [0.2, 0.25) is 0 Å². The van der Waals surface area contributed by atoms with E-state index < -0.39 is 44.8 Å². The standard InChI is InChI=1S/C8H9F2NO5S2/c9-8(10,4-12)3-11-18(15,16)5-1-2-17-6(5)7(13)14/h1-2,11-12H,3-4H2,(H,13,14). The second-order valence-electron chi connectivity index (χ2n) is 3.26. The van der Waals surface area contributed by atoms with E-state index in [1.165, 1.54) is 5.38 Å². The lowest BCUT2D eigenvalue weighted by Crippen LogP contribution is -2.39. The Morgan fingerprint density at radius 1 is 1.50 bits per heavy atom. The Hall–Kier alpha value is -1.10. The molecular formula is C8H9F2NO5S2. The topological polar surface area (TPSA) is 104 Å². The first-order valence-electron chi connectivity index (χ1n) is 4.49. The number of aromatic carboxylic acids is 1. The van der Waals surface area contributed by atoms with E-state index in [0.717, 1.165) is 6.07 Å². The number of nitrogens with one attached hydrogen (secondary N) is 1. The molecule has 1 aromatic rings. The number of halogens is 2. The van der Waals surface area contributed by atoms with E-state index in [0.29, 0.717) is 11.3 Å². The second-order valence-corrected chi connectivity index (χ2v) is 5.91. The number of carbonyl (C=O) groups is 1. The van der Waals surface area contributed by atoms with Crippen molar-refractivity contribution >= 4 is 27.3 Å². The zero-order valence-corrected chi connectivity index (χ0v) is 10.4. The molecule has 1 heterocycles. The lowest BCUT2D eigenvalue weighted by Gasteiger charge is -2.13. The van der Waals surface area contributed by atoms with Crippen LogP contribution in [0.5, 0.6) is 0 Å². The molecule has 0 atom stereocenters. The summed E-state index contributed by atoms with van der Waals surface area (Å²) in [5.74, 6) is -5.06. The average molecular weight is 301 g/mol. The molecular weight excluding hydrogens is 292 g/mol. The molecule has 10 heteroatoms. The smallest absolute Gasteiger partial charge is 0.347 e. The van der Waals surface area contributed by atoms with E-state index in [1.54, 1.807) is 4.72 Å². The van der Waals surface area contributed by atoms with Crippen LogP contribution in [0.4, 0.5) is 8.78 Å². The van der Waals surface area contributed by atoms with Crippen LogP contribution in [0, 0.1) is 0 Å². The Bertz CT molecular complexity index is 539. The number of hydrogen-bond donors (Lipinski definition) is 3. The minimum absolute atomic E-state index is 0.463. The fraction of sp³-hybridized carbons (Fsp3) is 0.375. The van der Waals surface area contributed by atoms with E-state index in [-0.39, 0.29) is 0 Å². The first kappa shape index (κ1) is 15.0. The Kier molecular flexibility index (Phi) is 4.37. The maximum Gasteiger partial charge on any atom is 0.347 e. The quantitative estimate of drug-likeness (QED) is 0.703.